The number of rotatable bonds is 2. The first kappa shape index (κ1) is 10.9. The van der Waals surface area contributed by atoms with Gasteiger partial charge >= 0.3 is 0 Å². The maximum Gasteiger partial charge on any atom is 0.237 e. The van der Waals surface area contributed by atoms with Gasteiger partial charge in [-0.15, -0.1) is 6.58 Å². The maximum absolute atomic E-state index is 12.3. The van der Waals surface area contributed by atoms with Crippen molar-refractivity contribution in [3.63, 3.8) is 0 Å². The van der Waals surface area contributed by atoms with Crippen LogP contribution in [0.5, 0.6) is 0 Å². The van der Waals surface area contributed by atoms with E-state index < -0.39 is 5.41 Å². The van der Waals surface area contributed by atoms with Crippen LogP contribution in [0.1, 0.15) is 25.0 Å². The Balaban J connectivity index is 2.60. The Morgan fingerprint density at radius 2 is 2.12 bits per heavy atom. The largest absolute Gasteiger partial charge is 0.308 e. The van der Waals surface area contributed by atoms with Crippen LogP contribution in [0.3, 0.4) is 0 Å². The summed E-state index contributed by atoms with van der Waals surface area (Å²) in [6, 6.07) is 6.18. The van der Waals surface area contributed by atoms with Crippen LogP contribution in [-0.4, -0.2) is 12.5 Å². The van der Waals surface area contributed by atoms with Gasteiger partial charge in [0.2, 0.25) is 5.91 Å². The molecule has 0 unspecified atom stereocenters. The number of benzene rings is 1. The molecule has 0 atom stereocenters. The number of anilines is 1. The number of amides is 1. The molecule has 1 aliphatic rings. The highest BCUT2D eigenvalue weighted by atomic mass is 16.2. The Labute approximate surface area is 96.6 Å². The fraction of sp³-hybridized carbons (Fsp3) is 0.357. The molecule has 0 aliphatic carbocycles. The number of aryl methyl sites for hydroxylation is 1. The lowest BCUT2D eigenvalue weighted by molar-refractivity contribution is -0.121. The Bertz CT molecular complexity index is 460. The summed E-state index contributed by atoms with van der Waals surface area (Å²) in [5.41, 5.74) is 2.93. The highest BCUT2D eigenvalue weighted by Gasteiger charge is 2.43. The van der Waals surface area contributed by atoms with E-state index >= 15 is 0 Å². The van der Waals surface area contributed by atoms with E-state index in [1.54, 1.807) is 6.08 Å². The predicted molar refractivity (Wildman–Crippen MR) is 66.8 cm³/mol. The molecule has 0 N–H and O–H groups in total. The van der Waals surface area contributed by atoms with E-state index in [9.17, 15) is 4.79 Å². The molecule has 2 heteroatoms. The summed E-state index contributed by atoms with van der Waals surface area (Å²) in [6.45, 7) is 10.3. The molecule has 0 bridgehead atoms. The van der Waals surface area contributed by atoms with Gasteiger partial charge < -0.3 is 4.90 Å². The molecule has 0 saturated carbocycles. The molecule has 84 valence electrons. The zero-order valence-electron chi connectivity index (χ0n) is 10.1. The van der Waals surface area contributed by atoms with E-state index in [-0.39, 0.29) is 5.91 Å². The second-order valence-corrected chi connectivity index (χ2v) is 4.85. The first-order valence-electron chi connectivity index (χ1n) is 5.52. The molecular formula is C14H17NO. The highest BCUT2D eigenvalue weighted by Crippen LogP contribution is 2.41. The second kappa shape index (κ2) is 3.48. The van der Waals surface area contributed by atoms with E-state index in [0.29, 0.717) is 6.54 Å². The molecule has 1 aromatic carbocycles. The van der Waals surface area contributed by atoms with E-state index in [1.165, 1.54) is 5.56 Å². The Morgan fingerprint density at radius 3 is 2.75 bits per heavy atom. The molecule has 2 rings (SSSR count). The number of hydrogen-bond donors (Lipinski definition) is 0. The third-order valence-electron chi connectivity index (χ3n) is 3.21. The molecule has 0 fully saturated rings. The number of nitrogens with zero attached hydrogens (tertiary/aromatic N) is 1. The van der Waals surface area contributed by atoms with Crippen molar-refractivity contribution in [1.82, 2.24) is 0 Å². The lowest BCUT2D eigenvalue weighted by Gasteiger charge is -2.18. The smallest absolute Gasteiger partial charge is 0.237 e. The Morgan fingerprint density at radius 1 is 1.44 bits per heavy atom. The van der Waals surface area contributed by atoms with Gasteiger partial charge in [0.15, 0.2) is 0 Å². The molecule has 0 aromatic heterocycles. The van der Waals surface area contributed by atoms with Crippen LogP contribution in [-0.2, 0) is 10.2 Å². The molecule has 16 heavy (non-hydrogen) atoms. The van der Waals surface area contributed by atoms with Crippen molar-refractivity contribution in [3.05, 3.63) is 42.0 Å². The lowest BCUT2D eigenvalue weighted by atomic mass is 9.85. The summed E-state index contributed by atoms with van der Waals surface area (Å²) in [5.74, 6) is 0.160. The minimum Gasteiger partial charge on any atom is -0.308 e. The van der Waals surface area contributed by atoms with Gasteiger partial charge in [0.05, 0.1) is 5.41 Å². The topological polar surface area (TPSA) is 20.3 Å². The van der Waals surface area contributed by atoms with E-state index in [0.717, 1.165) is 11.3 Å². The fourth-order valence-electron chi connectivity index (χ4n) is 2.26. The van der Waals surface area contributed by atoms with Crippen LogP contribution in [0.2, 0.25) is 0 Å². The summed E-state index contributed by atoms with van der Waals surface area (Å²) in [5, 5.41) is 0. The molecule has 1 aromatic rings. The van der Waals surface area contributed by atoms with E-state index in [2.05, 4.69) is 19.6 Å². The van der Waals surface area contributed by atoms with Crippen molar-refractivity contribution < 1.29 is 4.79 Å². The van der Waals surface area contributed by atoms with Crippen molar-refractivity contribution in [2.45, 2.75) is 26.2 Å². The molecule has 1 aliphatic heterocycles. The van der Waals surface area contributed by atoms with Crippen LogP contribution in [0.15, 0.2) is 30.9 Å². The predicted octanol–water partition coefficient (Wildman–Crippen LogP) is 2.81. The Kier molecular flexibility index (Phi) is 2.38. The van der Waals surface area contributed by atoms with Gasteiger partial charge in [0.25, 0.3) is 0 Å². The van der Waals surface area contributed by atoms with Gasteiger partial charge in [-0.3, -0.25) is 4.79 Å². The summed E-state index contributed by atoms with van der Waals surface area (Å²) >= 11 is 0. The molecular weight excluding hydrogens is 198 g/mol. The van der Waals surface area contributed by atoms with Crippen LogP contribution < -0.4 is 4.90 Å². The lowest BCUT2D eigenvalue weighted by Crippen LogP contribution is -2.36. The third kappa shape index (κ3) is 1.37. The van der Waals surface area contributed by atoms with Crippen molar-refractivity contribution >= 4 is 11.6 Å². The van der Waals surface area contributed by atoms with Crippen molar-refractivity contribution in [2.75, 3.05) is 11.4 Å². The van der Waals surface area contributed by atoms with Crippen LogP contribution in [0.25, 0.3) is 0 Å². The zero-order chi connectivity index (χ0) is 11.9. The summed E-state index contributed by atoms with van der Waals surface area (Å²) in [4.78, 5) is 14.1. The summed E-state index contributed by atoms with van der Waals surface area (Å²) in [6.07, 6.45) is 1.77. The maximum atomic E-state index is 12.3. The first-order chi connectivity index (χ1) is 7.48. The number of carbonyl (C=O) groups is 1. The molecule has 1 amide bonds. The van der Waals surface area contributed by atoms with Gasteiger partial charge in [0.1, 0.15) is 0 Å². The molecule has 1 heterocycles. The minimum absolute atomic E-state index is 0.160. The zero-order valence-corrected chi connectivity index (χ0v) is 10.1. The van der Waals surface area contributed by atoms with Crippen LogP contribution in [0, 0.1) is 6.92 Å². The number of fused-ring (bicyclic) bond motifs is 1. The van der Waals surface area contributed by atoms with E-state index in [1.807, 2.05) is 30.9 Å². The van der Waals surface area contributed by atoms with Gasteiger partial charge in [-0.2, -0.15) is 0 Å². The first-order valence-corrected chi connectivity index (χ1v) is 5.52. The molecule has 0 spiro atoms. The SMILES string of the molecule is C=CCN1C(=O)C(C)(C)c2cc(C)ccc21. The van der Waals surface area contributed by atoms with Gasteiger partial charge in [0, 0.05) is 12.2 Å². The van der Waals surface area contributed by atoms with Crippen molar-refractivity contribution in [3.8, 4) is 0 Å². The normalized spacial score (nSPS) is 17.4. The van der Waals surface area contributed by atoms with Crippen molar-refractivity contribution in [2.24, 2.45) is 0 Å². The second-order valence-electron chi connectivity index (χ2n) is 4.85. The summed E-state index contributed by atoms with van der Waals surface area (Å²) in [7, 11) is 0. The van der Waals surface area contributed by atoms with Gasteiger partial charge in [-0.05, 0) is 32.4 Å². The van der Waals surface area contributed by atoms with Crippen LogP contribution >= 0.6 is 0 Å². The third-order valence-corrected chi connectivity index (χ3v) is 3.21. The van der Waals surface area contributed by atoms with Gasteiger partial charge in [-0.1, -0.05) is 23.8 Å². The Hall–Kier alpha value is -1.57. The van der Waals surface area contributed by atoms with Gasteiger partial charge in [-0.25, -0.2) is 0 Å². The average molecular weight is 215 g/mol. The fourth-order valence-corrected chi connectivity index (χ4v) is 2.26. The van der Waals surface area contributed by atoms with E-state index in [4.69, 9.17) is 0 Å². The monoisotopic (exact) mass is 215 g/mol. The molecule has 0 radical (unpaired) electrons. The highest BCUT2D eigenvalue weighted by molar-refractivity contribution is 6.07. The standard InChI is InChI=1S/C14H17NO/c1-5-8-15-12-7-6-10(2)9-11(12)14(3,4)13(15)16/h5-7,9H,1,8H2,2-4H3. The average Bonchev–Trinajstić information content (AvgIpc) is 2.41. The quantitative estimate of drug-likeness (QED) is 0.695. The summed E-state index contributed by atoms with van der Waals surface area (Å²) < 4.78 is 0. The van der Waals surface area contributed by atoms with Crippen LogP contribution in [0.4, 0.5) is 5.69 Å². The number of hydrogen-bond acceptors (Lipinski definition) is 1. The van der Waals surface area contributed by atoms with Crippen molar-refractivity contribution in [1.29, 1.82) is 0 Å². The number of carbonyl (C=O) groups excluding carboxylic acids is 1. The molecule has 2 nitrogen and oxygen atoms in total. The molecule has 0 saturated heterocycles. The minimum atomic E-state index is -0.412.